The number of imidazole rings is 3. The Kier molecular flexibility index (Phi) is 22.1. The molecule has 0 aliphatic carbocycles. The number of aryl methyl sites for hydroxylation is 4. The Hall–Kier alpha value is -12.4. The van der Waals surface area contributed by atoms with E-state index >= 15 is 0 Å². The van der Waals surface area contributed by atoms with Gasteiger partial charge in [0.15, 0.2) is 16.9 Å². The van der Waals surface area contributed by atoms with Crippen molar-refractivity contribution in [2.45, 2.75) is 164 Å². The number of aromatic amines is 1. The third kappa shape index (κ3) is 17.2. The summed E-state index contributed by atoms with van der Waals surface area (Å²) in [7, 11) is 0. The number of benzene rings is 3. The summed E-state index contributed by atoms with van der Waals surface area (Å²) in [6.07, 6.45) is 9.59. The highest BCUT2D eigenvalue weighted by Crippen LogP contribution is 2.37. The van der Waals surface area contributed by atoms with Gasteiger partial charge >= 0.3 is 0 Å². The number of nitrogens with one attached hydrogen (secondary N) is 1. The first kappa shape index (κ1) is 82.5. The molecule has 3 saturated heterocycles. The number of H-pyrrole nitrogens is 1. The maximum Gasteiger partial charge on any atom is 0.291 e. The first-order valence-electron chi connectivity index (χ1n) is 39.0. The van der Waals surface area contributed by atoms with Crippen molar-refractivity contribution in [3.63, 3.8) is 0 Å². The molecule has 6 amide bonds. The van der Waals surface area contributed by atoms with Crippen LogP contribution in [0.2, 0.25) is 0 Å². The molecule has 3 aliphatic heterocycles. The molecule has 12 aromatic rings. The van der Waals surface area contributed by atoms with Gasteiger partial charge in [-0.1, -0.05) is 105 Å². The molecule has 26 nitrogen and oxygen atoms in total. The first-order chi connectivity index (χ1) is 54.9. The minimum absolute atomic E-state index is 0.137. The number of halogens is 3. The first-order valence-corrected chi connectivity index (χ1v) is 39.0. The third-order valence-corrected chi connectivity index (χ3v) is 21.6. The number of rotatable bonds is 9. The molecule has 3 aliphatic rings. The number of pyridine rings is 1. The molecule has 608 valence electrons. The van der Waals surface area contributed by atoms with Crippen LogP contribution in [0.4, 0.5) is 13.2 Å². The van der Waals surface area contributed by atoms with Gasteiger partial charge in [-0.05, 0) is 163 Å². The van der Waals surface area contributed by atoms with Gasteiger partial charge in [-0.3, -0.25) is 38.8 Å². The van der Waals surface area contributed by atoms with E-state index in [1.807, 2.05) is 84.9 Å². The largest absolute Gasteiger partial charge is 0.333 e. The molecular weight excluding hydrogens is 1490 g/mol. The van der Waals surface area contributed by atoms with Crippen molar-refractivity contribution in [1.29, 1.82) is 0 Å². The Labute approximate surface area is 677 Å². The number of hydrogen-bond donors (Lipinski definition) is 1. The monoisotopic (exact) mass is 1590 g/mol. The zero-order chi connectivity index (χ0) is 84.5. The van der Waals surface area contributed by atoms with E-state index in [1.54, 1.807) is 137 Å². The highest BCUT2D eigenvalue weighted by Gasteiger charge is 2.44. The van der Waals surface area contributed by atoms with Crippen LogP contribution >= 0.6 is 0 Å². The second-order valence-corrected chi connectivity index (χ2v) is 35.4. The fourth-order valence-corrected chi connectivity index (χ4v) is 15.0. The lowest BCUT2D eigenvalue weighted by atomic mass is 9.87. The lowest BCUT2D eigenvalue weighted by molar-refractivity contribution is 0.0160. The molecule has 0 spiro atoms. The van der Waals surface area contributed by atoms with E-state index in [2.05, 4.69) is 87.5 Å². The number of piperazine rings is 3. The van der Waals surface area contributed by atoms with Crippen molar-refractivity contribution in [3.8, 4) is 33.8 Å². The van der Waals surface area contributed by atoms with E-state index in [4.69, 9.17) is 30.2 Å². The molecule has 0 saturated carbocycles. The van der Waals surface area contributed by atoms with E-state index in [-0.39, 0.29) is 92.0 Å². The number of carbonyl (C=O) groups excluding carboxylic acids is 6. The van der Waals surface area contributed by atoms with Gasteiger partial charge in [-0.15, -0.1) is 0 Å². The molecule has 0 unspecified atom stereocenters. The molecule has 0 radical (unpaired) electrons. The summed E-state index contributed by atoms with van der Waals surface area (Å²) in [5, 5.41) is 21.0. The van der Waals surface area contributed by atoms with Crippen LogP contribution < -0.4 is 0 Å². The number of fused-ring (bicyclic) bond motifs is 3. The van der Waals surface area contributed by atoms with Crippen molar-refractivity contribution in [2.24, 2.45) is 0 Å². The second-order valence-electron chi connectivity index (χ2n) is 35.4. The van der Waals surface area contributed by atoms with Crippen LogP contribution in [0.25, 0.3) is 50.7 Å². The number of nitrogens with zero attached hydrogens (tertiary/aromatic N) is 19. The van der Waals surface area contributed by atoms with Crippen LogP contribution in [-0.4, -0.2) is 209 Å². The summed E-state index contributed by atoms with van der Waals surface area (Å²) < 4.78 is 47.9. The van der Waals surface area contributed by atoms with Crippen molar-refractivity contribution < 1.29 is 41.9 Å². The van der Waals surface area contributed by atoms with Crippen LogP contribution in [0, 0.1) is 45.1 Å². The summed E-state index contributed by atoms with van der Waals surface area (Å²) in [5.41, 5.74) is 9.47. The van der Waals surface area contributed by atoms with Gasteiger partial charge in [0.1, 0.15) is 45.9 Å². The highest BCUT2D eigenvalue weighted by atomic mass is 19.1. The average Bonchev–Trinajstić information content (AvgIpc) is 1.64. The standard InChI is InChI=1S/C30H33FN6O2.C29H34FN7O2.C29H32FN7O2/c1-19-10-11-20(15-22(19)31)24-16-21(29(2,3)4)26-33-25(17-37(26)34-24)28(39)36-14-13-35(18-30(36,5)6)27(38)23-9-7-8-12-32-23;1-17-8-9-19(13-21(17)30)22-14-20(28(3,4)5)25-31-24(15-37(25)34-22)27(39)36-11-10-35(16-29(36,6)7)26(38)23-12-18(2)32-33-23;1-18-8-9-19(14-21(18)30)22-15-20(28(2,3)4)25-33-23(16-37(25)34-22)26(38)36-13-12-35(17-29(36,5)6)27(39)24-31-10-7-11-32-24/h7-12,15-17H,13-14,18H2,1-6H3;8-9,12-15H,10-11,16H2,1-7H3,(H,32,33);7-11,14-16H,12-13,17H2,1-6H3. The fourth-order valence-electron chi connectivity index (χ4n) is 15.0. The summed E-state index contributed by atoms with van der Waals surface area (Å²) in [4.78, 5) is 117. The van der Waals surface area contributed by atoms with E-state index in [1.165, 1.54) is 30.6 Å². The quantitative estimate of drug-likeness (QED) is 0.141. The minimum Gasteiger partial charge on any atom is -0.333 e. The summed E-state index contributed by atoms with van der Waals surface area (Å²) in [5.74, 6) is -2.01. The summed E-state index contributed by atoms with van der Waals surface area (Å²) in [6.45, 7) is 40.5. The van der Waals surface area contributed by atoms with Gasteiger partial charge in [-0.25, -0.2) is 51.6 Å². The van der Waals surface area contributed by atoms with Crippen LogP contribution in [0.3, 0.4) is 0 Å². The van der Waals surface area contributed by atoms with Crippen LogP contribution in [-0.2, 0) is 16.2 Å². The van der Waals surface area contributed by atoms with Gasteiger partial charge in [0.25, 0.3) is 35.4 Å². The number of aromatic nitrogens is 14. The van der Waals surface area contributed by atoms with Crippen molar-refractivity contribution in [2.75, 3.05) is 58.9 Å². The topological polar surface area (TPSA) is 280 Å². The molecular formula is C88H99F3N20O6. The minimum atomic E-state index is -0.652. The lowest BCUT2D eigenvalue weighted by Gasteiger charge is -2.46. The van der Waals surface area contributed by atoms with Gasteiger partial charge in [0, 0.05) is 117 Å². The maximum atomic E-state index is 14.4. The maximum absolute atomic E-state index is 14.4. The zero-order valence-corrected chi connectivity index (χ0v) is 69.7. The number of hydrogen-bond acceptors (Lipinski definition) is 16. The van der Waals surface area contributed by atoms with Crippen molar-refractivity contribution in [1.82, 2.24) is 98.3 Å². The predicted octanol–water partition coefficient (Wildman–Crippen LogP) is 13.8. The normalized spacial score (nSPS) is 15.6. The predicted molar refractivity (Wildman–Crippen MR) is 438 cm³/mol. The fraction of sp³-hybridized carbons (Fsp3) is 0.386. The van der Waals surface area contributed by atoms with Gasteiger partial charge in [0.05, 0.1) is 52.3 Å². The molecule has 0 atom stereocenters. The van der Waals surface area contributed by atoms with E-state index in [9.17, 15) is 41.9 Å². The van der Waals surface area contributed by atoms with Gasteiger partial charge in [0.2, 0.25) is 5.82 Å². The van der Waals surface area contributed by atoms with Crippen LogP contribution in [0.5, 0.6) is 0 Å². The molecule has 12 heterocycles. The molecule has 117 heavy (non-hydrogen) atoms. The zero-order valence-electron chi connectivity index (χ0n) is 69.7. The van der Waals surface area contributed by atoms with E-state index in [0.29, 0.717) is 138 Å². The Balaban J connectivity index is 0.000000152. The average molecular weight is 1590 g/mol. The molecule has 3 fully saturated rings. The third-order valence-electron chi connectivity index (χ3n) is 21.6. The highest BCUT2D eigenvalue weighted by molar-refractivity contribution is 5.97. The van der Waals surface area contributed by atoms with Crippen LogP contribution in [0.1, 0.15) is 206 Å². The Morgan fingerprint density at radius 2 is 0.709 bits per heavy atom. The molecule has 3 aromatic carbocycles. The smallest absolute Gasteiger partial charge is 0.291 e. The Morgan fingerprint density at radius 3 is 1.01 bits per heavy atom. The van der Waals surface area contributed by atoms with Crippen LogP contribution in [0.15, 0.2) is 140 Å². The number of amides is 6. The molecule has 15 rings (SSSR count). The summed E-state index contributed by atoms with van der Waals surface area (Å²) >= 11 is 0. The Bertz CT molecular complexity index is 5630. The SMILES string of the molecule is Cc1cc(C(=O)N2CCN(C(=O)c3cn4nc(-c5ccc(C)c(F)c5)cc(C(C)(C)C)c4n3)C(C)(C)C2)n[nH]1.Cc1ccc(-c2cc(C(C)(C)C)c3nc(C(=O)N4CCN(C(=O)c5ccccn5)CC4(C)C)cn3n2)cc1F.Cc1ccc(-c2cc(C(C)(C)C)c3nc(C(=O)N4CCN(C(=O)c5ncccn5)CC4(C)C)cn3n2)cc1F. The summed E-state index contributed by atoms with van der Waals surface area (Å²) in [6, 6.07) is 29.6. The van der Waals surface area contributed by atoms with Crippen molar-refractivity contribution in [3.05, 3.63) is 231 Å². The van der Waals surface area contributed by atoms with Gasteiger partial charge in [-0.2, -0.15) is 20.4 Å². The van der Waals surface area contributed by atoms with Crippen molar-refractivity contribution >= 4 is 52.4 Å². The second kappa shape index (κ2) is 31.3. The Morgan fingerprint density at radius 1 is 0.376 bits per heavy atom. The van der Waals surface area contributed by atoms with E-state index < -0.39 is 16.6 Å². The number of carbonyl (C=O) groups is 6. The molecule has 0 bridgehead atoms. The van der Waals surface area contributed by atoms with E-state index in [0.717, 1.165) is 22.4 Å². The molecule has 29 heteroatoms. The molecule has 1 N–H and O–H groups in total. The van der Waals surface area contributed by atoms with Gasteiger partial charge < -0.3 is 29.4 Å². The lowest BCUT2D eigenvalue weighted by Crippen LogP contribution is -2.62. The molecule has 9 aromatic heterocycles.